The van der Waals surface area contributed by atoms with Gasteiger partial charge in [-0.15, -0.1) is 0 Å². The molecule has 1 aliphatic rings. The van der Waals surface area contributed by atoms with Crippen LogP contribution in [-0.2, 0) is 6.54 Å². The summed E-state index contributed by atoms with van der Waals surface area (Å²) in [7, 11) is 0. The van der Waals surface area contributed by atoms with Crippen LogP contribution in [0.15, 0.2) is 47.4 Å². The minimum Gasteiger partial charge on any atom is -0.493 e. The highest BCUT2D eigenvalue weighted by Gasteiger charge is 2.21. The first-order valence-electron chi connectivity index (χ1n) is 6.32. The summed E-state index contributed by atoms with van der Waals surface area (Å²) in [6.07, 6.45) is 2.82. The molecule has 0 N–H and O–H groups in total. The fraction of sp³-hybridized carbons (Fsp3) is 0.267. The molecule has 0 spiro atoms. The highest BCUT2D eigenvalue weighted by Crippen LogP contribution is 2.34. The Hall–Kier alpha value is -1.30. The zero-order chi connectivity index (χ0) is 13.2. The lowest BCUT2D eigenvalue weighted by atomic mass is 9.93. The Morgan fingerprint density at radius 2 is 2.11 bits per heavy atom. The zero-order valence-corrected chi connectivity index (χ0v) is 12.5. The van der Waals surface area contributed by atoms with Crippen LogP contribution in [0.3, 0.4) is 0 Å². The highest BCUT2D eigenvalue weighted by molar-refractivity contribution is 14.1. The molecule has 2 aromatic rings. The second kappa shape index (κ2) is 5.36. The first kappa shape index (κ1) is 12.7. The van der Waals surface area contributed by atoms with E-state index in [1.54, 1.807) is 4.57 Å². The van der Waals surface area contributed by atoms with E-state index >= 15 is 0 Å². The molecule has 1 atom stereocenters. The largest absolute Gasteiger partial charge is 0.493 e. The Labute approximate surface area is 125 Å². The average Bonchev–Trinajstić information content (AvgIpc) is 2.44. The summed E-state index contributed by atoms with van der Waals surface area (Å²) in [6.45, 7) is 1.44. The Bertz CT molecular complexity index is 651. The first-order valence-corrected chi connectivity index (χ1v) is 7.40. The van der Waals surface area contributed by atoms with Crippen molar-refractivity contribution in [2.24, 2.45) is 0 Å². The van der Waals surface area contributed by atoms with Crippen LogP contribution in [-0.4, -0.2) is 11.2 Å². The second-order valence-corrected chi connectivity index (χ2v) is 5.85. The van der Waals surface area contributed by atoms with E-state index < -0.39 is 0 Å². The highest BCUT2D eigenvalue weighted by atomic mass is 127. The maximum absolute atomic E-state index is 12.1. The van der Waals surface area contributed by atoms with E-state index in [-0.39, 0.29) is 5.56 Å². The van der Waals surface area contributed by atoms with Gasteiger partial charge in [0.1, 0.15) is 5.75 Å². The number of nitrogens with zero attached hydrogens (tertiary/aromatic N) is 1. The topological polar surface area (TPSA) is 31.2 Å². The van der Waals surface area contributed by atoms with Crippen molar-refractivity contribution in [1.82, 2.24) is 4.57 Å². The van der Waals surface area contributed by atoms with Crippen LogP contribution >= 0.6 is 22.6 Å². The quantitative estimate of drug-likeness (QED) is 0.765. The molecule has 1 aliphatic heterocycles. The van der Waals surface area contributed by atoms with E-state index in [2.05, 4.69) is 28.7 Å². The molecule has 0 saturated heterocycles. The number of rotatable bonds is 2. The third-order valence-electron chi connectivity index (χ3n) is 3.47. The molecular formula is C15H14INO2. The van der Waals surface area contributed by atoms with E-state index in [0.717, 1.165) is 28.9 Å². The second-order valence-electron chi connectivity index (χ2n) is 4.69. The molecule has 0 aliphatic carbocycles. The monoisotopic (exact) mass is 367 g/mol. The number of pyridine rings is 1. The van der Waals surface area contributed by atoms with Gasteiger partial charge in [0.2, 0.25) is 0 Å². The number of benzene rings is 1. The van der Waals surface area contributed by atoms with Crippen LogP contribution in [0.4, 0.5) is 0 Å². The molecule has 0 fully saturated rings. The number of hydrogen-bond donors (Lipinski definition) is 0. The van der Waals surface area contributed by atoms with E-state index in [9.17, 15) is 4.79 Å². The normalized spacial score (nSPS) is 17.6. The predicted molar refractivity (Wildman–Crippen MR) is 82.7 cm³/mol. The Morgan fingerprint density at radius 3 is 3.00 bits per heavy atom. The maximum Gasteiger partial charge on any atom is 0.263 e. The third kappa shape index (κ3) is 2.54. The van der Waals surface area contributed by atoms with Gasteiger partial charge in [0, 0.05) is 18.7 Å². The molecule has 3 rings (SSSR count). The molecule has 0 bridgehead atoms. The Balaban J connectivity index is 1.93. The van der Waals surface area contributed by atoms with Gasteiger partial charge in [0.05, 0.1) is 10.2 Å². The van der Waals surface area contributed by atoms with Crippen LogP contribution in [0.25, 0.3) is 0 Å². The van der Waals surface area contributed by atoms with Crippen molar-refractivity contribution >= 4 is 22.6 Å². The smallest absolute Gasteiger partial charge is 0.263 e. The number of para-hydroxylation sites is 1. The van der Waals surface area contributed by atoms with Gasteiger partial charge >= 0.3 is 0 Å². The van der Waals surface area contributed by atoms with Gasteiger partial charge < -0.3 is 9.30 Å². The summed E-state index contributed by atoms with van der Waals surface area (Å²) in [5.74, 6) is 1.30. The van der Waals surface area contributed by atoms with Gasteiger partial charge in [0.25, 0.3) is 5.56 Å². The van der Waals surface area contributed by atoms with Gasteiger partial charge in [0.15, 0.2) is 0 Å². The fourth-order valence-corrected chi connectivity index (χ4v) is 3.01. The lowest BCUT2D eigenvalue weighted by molar-refractivity contribution is 0.258. The molecule has 1 aromatic heterocycles. The first-order chi connectivity index (χ1) is 9.25. The summed E-state index contributed by atoms with van der Waals surface area (Å²) in [5, 5.41) is 0. The van der Waals surface area contributed by atoms with Crippen molar-refractivity contribution in [2.45, 2.75) is 18.9 Å². The van der Waals surface area contributed by atoms with Gasteiger partial charge in [-0.1, -0.05) is 18.2 Å². The SMILES string of the molecule is O=c1c(I)cccn1CC1CCOc2ccccc21. The molecule has 0 saturated carbocycles. The van der Waals surface area contributed by atoms with E-state index in [0.29, 0.717) is 5.92 Å². The molecule has 3 nitrogen and oxygen atoms in total. The van der Waals surface area contributed by atoms with Crippen LogP contribution in [0, 0.1) is 3.57 Å². The zero-order valence-electron chi connectivity index (χ0n) is 10.4. The Morgan fingerprint density at radius 1 is 1.26 bits per heavy atom. The lowest BCUT2D eigenvalue weighted by Gasteiger charge is -2.26. The van der Waals surface area contributed by atoms with E-state index in [1.165, 1.54) is 5.56 Å². The number of fused-ring (bicyclic) bond motifs is 1. The van der Waals surface area contributed by atoms with Crippen molar-refractivity contribution in [3.8, 4) is 5.75 Å². The van der Waals surface area contributed by atoms with Crippen LogP contribution in [0.1, 0.15) is 17.9 Å². The predicted octanol–water partition coefficient (Wildman–Crippen LogP) is 3.02. The summed E-state index contributed by atoms with van der Waals surface area (Å²) in [5.41, 5.74) is 1.30. The Kier molecular flexibility index (Phi) is 3.59. The van der Waals surface area contributed by atoms with Gasteiger partial charge in [-0.25, -0.2) is 0 Å². The van der Waals surface area contributed by atoms with Crippen molar-refractivity contribution in [1.29, 1.82) is 0 Å². The van der Waals surface area contributed by atoms with Gasteiger partial charge in [-0.05, 0) is 52.8 Å². The van der Waals surface area contributed by atoms with Crippen LogP contribution in [0.2, 0.25) is 0 Å². The van der Waals surface area contributed by atoms with E-state index in [1.807, 2.05) is 36.5 Å². The third-order valence-corrected chi connectivity index (χ3v) is 4.29. The number of hydrogen-bond acceptors (Lipinski definition) is 2. The molecule has 19 heavy (non-hydrogen) atoms. The lowest BCUT2D eigenvalue weighted by Crippen LogP contribution is -2.26. The standard InChI is InChI=1S/C15H14INO2/c16-13-5-3-8-17(15(13)18)10-11-7-9-19-14-6-2-1-4-12(11)14/h1-6,8,11H,7,9-10H2. The van der Waals surface area contributed by atoms with Crippen molar-refractivity contribution in [3.63, 3.8) is 0 Å². The molecule has 1 unspecified atom stereocenters. The number of ether oxygens (including phenoxy) is 1. The molecule has 4 heteroatoms. The summed E-state index contributed by atoms with van der Waals surface area (Å²) in [4.78, 5) is 12.1. The minimum absolute atomic E-state index is 0.0899. The molecule has 0 amide bonds. The maximum atomic E-state index is 12.1. The molecular weight excluding hydrogens is 353 g/mol. The van der Waals surface area contributed by atoms with Crippen LogP contribution < -0.4 is 10.3 Å². The number of halogens is 1. The summed E-state index contributed by atoms with van der Waals surface area (Å²) < 4.78 is 8.22. The van der Waals surface area contributed by atoms with Gasteiger partial charge in [-0.3, -0.25) is 4.79 Å². The molecule has 2 heterocycles. The molecule has 1 aromatic carbocycles. The van der Waals surface area contributed by atoms with Gasteiger partial charge in [-0.2, -0.15) is 0 Å². The fourth-order valence-electron chi connectivity index (χ4n) is 2.49. The van der Waals surface area contributed by atoms with Crippen molar-refractivity contribution < 1.29 is 4.74 Å². The van der Waals surface area contributed by atoms with E-state index in [4.69, 9.17) is 4.74 Å². The molecule has 98 valence electrons. The van der Waals surface area contributed by atoms with Crippen LogP contribution in [0.5, 0.6) is 5.75 Å². The molecule has 0 radical (unpaired) electrons. The van der Waals surface area contributed by atoms with Crippen molar-refractivity contribution in [2.75, 3.05) is 6.61 Å². The summed E-state index contributed by atoms with van der Waals surface area (Å²) >= 11 is 2.09. The summed E-state index contributed by atoms with van der Waals surface area (Å²) in [6, 6.07) is 11.9. The average molecular weight is 367 g/mol. The number of aromatic nitrogens is 1. The van der Waals surface area contributed by atoms with Crippen molar-refractivity contribution in [3.05, 3.63) is 62.1 Å². The minimum atomic E-state index is 0.0899.